The van der Waals surface area contributed by atoms with Crippen LogP contribution in [0.1, 0.15) is 24.0 Å². The molecule has 0 atom stereocenters. The first-order chi connectivity index (χ1) is 41.6. The van der Waals surface area contributed by atoms with Gasteiger partial charge >= 0.3 is 44.8 Å². The van der Waals surface area contributed by atoms with Crippen LogP contribution in [0.4, 0.5) is 0 Å². The molecule has 0 saturated carbocycles. The van der Waals surface area contributed by atoms with E-state index in [4.69, 9.17) is 12.8 Å². The van der Waals surface area contributed by atoms with Crippen LogP contribution in [0.25, 0.3) is 22.3 Å². The quantitative estimate of drug-likeness (QED) is 0.0355. The molecule has 0 aromatic heterocycles. The fourth-order valence-corrected chi connectivity index (χ4v) is 29.0. The van der Waals surface area contributed by atoms with Crippen molar-refractivity contribution in [1.82, 2.24) is 0 Å². The van der Waals surface area contributed by atoms with Crippen LogP contribution >= 0.6 is 15.8 Å². The van der Waals surface area contributed by atoms with Gasteiger partial charge in [-0.3, -0.25) is 11.8 Å². The smallest absolute Gasteiger partial charge is 0.366 e. The van der Waals surface area contributed by atoms with Gasteiger partial charge in [0.1, 0.15) is 0 Å². The standard InChI is InChI=1S/C28H28P2.2C26H17Si.2Au/c1-5-15-25(16-6-1)29(26-17-7-2-8-18-26)23-13-14-24-30(27-19-9-3-10-20-27)28-21-11-4-12-22-28;2*1-2-20-17-18-24-23-15-9-10-16-25(23)27(26(24)19-20,21-11-5-3-6-12-21)22-13-7-4-8-14-22;;/h1-12,15-22H,13-14,23-24H2;2*3-19H;;/q;2*-1;2*+1/p+2. The SMILES string of the molecule is [Au+].[Au+].[C-]#Cc1ccc2c(c1)[Si](c1ccccc1)(c1ccccc1)c1ccccc1-2.[C-]#Cc1ccc2c(c1)[Si](c1ccccc1)(c1ccccc1)c1ccccc1-2.c1ccc([PH+](CCCC[PH+](c2ccccc2)c2ccccc2)c2ccccc2)cc1. The van der Waals surface area contributed by atoms with Crippen molar-refractivity contribution in [3.8, 4) is 34.1 Å². The first-order valence-electron chi connectivity index (χ1n) is 29.1. The van der Waals surface area contributed by atoms with E-state index in [-0.39, 0.29) is 44.8 Å². The fourth-order valence-electron chi connectivity index (χ4n) is 13.1. The van der Waals surface area contributed by atoms with E-state index >= 15 is 0 Å². The summed E-state index contributed by atoms with van der Waals surface area (Å²) < 4.78 is 0. The Morgan fingerprint density at radius 1 is 0.256 bits per heavy atom. The predicted molar refractivity (Wildman–Crippen MR) is 370 cm³/mol. The molecule has 2 aliphatic rings. The molecule has 0 bridgehead atoms. The second kappa shape index (κ2) is 29.3. The largest absolute Gasteiger partial charge is 1.00 e. The van der Waals surface area contributed by atoms with E-state index < -0.39 is 32.0 Å². The van der Waals surface area contributed by atoms with Crippen molar-refractivity contribution in [2.75, 3.05) is 12.3 Å². The van der Waals surface area contributed by atoms with Crippen molar-refractivity contribution in [1.29, 1.82) is 0 Å². The zero-order valence-corrected chi connectivity index (χ0v) is 55.9. The third-order valence-corrected chi connectivity index (χ3v) is 32.4. The van der Waals surface area contributed by atoms with Crippen molar-refractivity contribution in [2.45, 2.75) is 12.8 Å². The Bertz CT molecular complexity index is 3780. The Balaban J connectivity index is 0.000000142. The van der Waals surface area contributed by atoms with E-state index in [0.717, 1.165) is 11.1 Å². The van der Waals surface area contributed by atoms with E-state index in [9.17, 15) is 0 Å². The summed E-state index contributed by atoms with van der Waals surface area (Å²) in [5.41, 5.74) is 6.91. The van der Waals surface area contributed by atoms with Gasteiger partial charge in [0.25, 0.3) is 0 Å². The fraction of sp³-hybridized carbons (Fsp3) is 0.0500. The molecule has 2 aliphatic heterocycles. The Kier molecular flexibility index (Phi) is 21.0. The van der Waals surface area contributed by atoms with E-state index in [2.05, 4.69) is 327 Å². The average molecular weight is 1540 g/mol. The van der Waals surface area contributed by atoms with Crippen LogP contribution in [0.2, 0.25) is 0 Å². The number of unbranched alkanes of at least 4 members (excludes halogenated alkanes) is 1. The first kappa shape index (κ1) is 61.6. The van der Waals surface area contributed by atoms with Gasteiger partial charge in [-0.1, -0.05) is 265 Å². The molecule has 12 aromatic carbocycles. The molecule has 2 heterocycles. The molecule has 0 fully saturated rings. The van der Waals surface area contributed by atoms with Crippen molar-refractivity contribution in [3.05, 3.63) is 352 Å². The Labute approximate surface area is 545 Å². The van der Waals surface area contributed by atoms with Gasteiger partial charge in [0.15, 0.2) is 16.1 Å². The number of hydrogen-bond donors (Lipinski definition) is 0. The monoisotopic (exact) mass is 1540 g/mol. The molecule has 14 rings (SSSR count). The van der Waals surface area contributed by atoms with Crippen LogP contribution in [0, 0.1) is 24.7 Å². The van der Waals surface area contributed by atoms with Gasteiger partial charge in [0.05, 0.1) is 49.4 Å². The summed E-state index contributed by atoms with van der Waals surface area (Å²) >= 11 is 0. The van der Waals surface area contributed by atoms with Crippen LogP contribution in [0.5, 0.6) is 0 Å². The summed E-state index contributed by atoms with van der Waals surface area (Å²) in [5.74, 6) is 5.19. The molecule has 12 aromatic rings. The van der Waals surface area contributed by atoms with Crippen LogP contribution in [0.3, 0.4) is 0 Å². The number of benzene rings is 12. The molecule has 0 aliphatic carbocycles. The zero-order chi connectivity index (χ0) is 57.0. The van der Waals surface area contributed by atoms with Crippen molar-refractivity contribution in [3.63, 3.8) is 0 Å². The Morgan fingerprint density at radius 2 is 0.488 bits per heavy atom. The van der Waals surface area contributed by atoms with Gasteiger partial charge in [-0.2, -0.15) is 0 Å². The second-order valence-electron chi connectivity index (χ2n) is 21.5. The van der Waals surface area contributed by atoms with E-state index in [1.54, 1.807) is 0 Å². The van der Waals surface area contributed by atoms with Crippen LogP contribution in [-0.2, 0) is 44.8 Å². The summed E-state index contributed by atoms with van der Waals surface area (Å²) in [5, 5.41) is 17.2. The third kappa shape index (κ3) is 12.4. The summed E-state index contributed by atoms with van der Waals surface area (Å²) in [6.07, 6.45) is 20.5. The molecule has 0 saturated heterocycles. The maximum atomic E-state index is 7.67. The van der Waals surface area contributed by atoms with Crippen LogP contribution in [0.15, 0.2) is 328 Å². The molecule has 6 heteroatoms. The Morgan fingerprint density at radius 3 is 0.756 bits per heavy atom. The summed E-state index contributed by atoms with van der Waals surface area (Å²) in [6.45, 7) is 0. The number of rotatable bonds is 13. The van der Waals surface area contributed by atoms with E-state index in [0.29, 0.717) is 0 Å². The maximum absolute atomic E-state index is 7.67. The van der Waals surface area contributed by atoms with Crippen LogP contribution in [-0.4, -0.2) is 28.5 Å². The number of hydrogen-bond acceptors (Lipinski definition) is 0. The minimum atomic E-state index is -2.40. The van der Waals surface area contributed by atoms with Gasteiger partial charge in [-0.05, 0) is 115 Å². The molecule has 86 heavy (non-hydrogen) atoms. The Hall–Kier alpha value is -7.47. The van der Waals surface area contributed by atoms with Crippen molar-refractivity contribution in [2.24, 2.45) is 0 Å². The average Bonchev–Trinajstić information content (AvgIpc) is 1.84. The normalized spacial score (nSPS) is 12.3. The summed E-state index contributed by atoms with van der Waals surface area (Å²) in [7, 11) is -6.22. The minimum Gasteiger partial charge on any atom is -0.366 e. The predicted octanol–water partition coefficient (Wildman–Crippen LogP) is 11.5. The molecule has 0 amide bonds. The summed E-state index contributed by atoms with van der Waals surface area (Å²) in [4.78, 5) is 0. The van der Waals surface area contributed by atoms with Crippen molar-refractivity contribution < 1.29 is 44.8 Å². The van der Waals surface area contributed by atoms with Gasteiger partial charge in [-0.25, -0.2) is 0 Å². The molecule has 0 radical (unpaired) electrons. The number of fused-ring (bicyclic) bond motifs is 6. The van der Waals surface area contributed by atoms with Gasteiger partial charge in [0.2, 0.25) is 0 Å². The van der Waals surface area contributed by atoms with Crippen LogP contribution < -0.4 is 62.7 Å². The molecule has 0 unspecified atom stereocenters. The molecular weight excluding hydrogens is 1470 g/mol. The maximum Gasteiger partial charge on any atom is 1.00 e. The molecular formula is C80H64Au2P2Si2+2. The van der Waals surface area contributed by atoms with Gasteiger partial charge in [-0.15, -0.1) is 35.4 Å². The third-order valence-electron chi connectivity index (χ3n) is 16.8. The molecule has 422 valence electrons. The van der Waals surface area contributed by atoms with E-state index in [1.165, 1.54) is 110 Å². The second-order valence-corrected chi connectivity index (χ2v) is 34.1. The van der Waals surface area contributed by atoms with E-state index in [1.807, 2.05) is 12.1 Å². The minimum absolute atomic E-state index is 0. The zero-order valence-electron chi connectivity index (χ0n) is 47.6. The van der Waals surface area contributed by atoms with Crippen molar-refractivity contribution >= 4 is 94.7 Å². The van der Waals surface area contributed by atoms with Gasteiger partial charge in [0, 0.05) is 0 Å². The summed E-state index contributed by atoms with van der Waals surface area (Å²) in [6, 6.07) is 119. The topological polar surface area (TPSA) is 0 Å². The molecule has 0 N–H and O–H groups in total. The molecule has 0 nitrogen and oxygen atoms in total. The molecule has 0 spiro atoms. The first-order valence-corrected chi connectivity index (χ1v) is 36.5. The van der Waals surface area contributed by atoms with Gasteiger partial charge < -0.3 is 12.8 Å².